The molecule has 1 aromatic carbocycles. The second kappa shape index (κ2) is 5.94. The zero-order valence-electron chi connectivity index (χ0n) is 12.2. The third-order valence-electron chi connectivity index (χ3n) is 3.69. The van der Waals surface area contributed by atoms with Gasteiger partial charge in [0.2, 0.25) is 0 Å². The van der Waals surface area contributed by atoms with Crippen LogP contribution >= 0.6 is 0 Å². The number of aromatic nitrogens is 2. The number of nitrogens with two attached hydrogens (primary N) is 1. The minimum Gasteiger partial charge on any atom is -0.350 e. The number of para-hydroxylation sites is 1. The van der Waals surface area contributed by atoms with Crippen LogP contribution in [0.1, 0.15) is 11.1 Å². The van der Waals surface area contributed by atoms with Gasteiger partial charge in [-0.3, -0.25) is 0 Å². The number of pyridine rings is 1. The Kier molecular flexibility index (Phi) is 3.84. The lowest BCUT2D eigenvalue weighted by molar-refractivity contribution is -0.694. The van der Waals surface area contributed by atoms with Crippen LogP contribution in [0.5, 0.6) is 0 Å². The van der Waals surface area contributed by atoms with Gasteiger partial charge in [0.25, 0.3) is 0 Å². The number of rotatable bonds is 4. The monoisotopic (exact) mass is 278 g/mol. The molecule has 3 aromatic rings. The molecule has 2 heterocycles. The van der Waals surface area contributed by atoms with Crippen molar-refractivity contribution in [2.45, 2.75) is 6.54 Å². The minimum absolute atomic E-state index is 0.663. The van der Waals surface area contributed by atoms with Crippen molar-refractivity contribution in [2.75, 3.05) is 6.54 Å². The summed E-state index contributed by atoms with van der Waals surface area (Å²) in [4.78, 5) is 0. The van der Waals surface area contributed by atoms with Gasteiger partial charge in [-0.2, -0.15) is 0 Å². The number of hydrogen-bond donors (Lipinski definition) is 1. The number of fused-ring (bicyclic) bond motifs is 1. The number of aryl methyl sites for hydroxylation is 1. The number of benzene rings is 1. The highest BCUT2D eigenvalue weighted by atomic mass is 14.9. The Labute approximate surface area is 124 Å². The maximum Gasteiger partial charge on any atom is 0.169 e. The second-order valence-electron chi connectivity index (χ2n) is 5.20. The lowest BCUT2D eigenvalue weighted by Crippen LogP contribution is -2.36. The van der Waals surface area contributed by atoms with Crippen molar-refractivity contribution in [3.05, 3.63) is 66.1 Å². The van der Waals surface area contributed by atoms with Gasteiger partial charge < -0.3 is 10.3 Å². The summed E-state index contributed by atoms with van der Waals surface area (Å²) < 4.78 is 4.25. The van der Waals surface area contributed by atoms with Crippen LogP contribution in [-0.2, 0) is 13.6 Å². The Morgan fingerprint density at radius 2 is 1.86 bits per heavy atom. The van der Waals surface area contributed by atoms with E-state index in [4.69, 9.17) is 5.73 Å². The Morgan fingerprint density at radius 3 is 2.62 bits per heavy atom. The van der Waals surface area contributed by atoms with Crippen LogP contribution in [0, 0.1) is 0 Å². The molecule has 2 aromatic heterocycles. The highest BCUT2D eigenvalue weighted by Crippen LogP contribution is 2.22. The lowest BCUT2D eigenvalue weighted by Gasteiger charge is -1.95. The van der Waals surface area contributed by atoms with Crippen LogP contribution in [0.15, 0.2) is 55.0 Å². The molecule has 0 bridgehead atoms. The fourth-order valence-corrected chi connectivity index (χ4v) is 2.57. The predicted octanol–water partition coefficient (Wildman–Crippen LogP) is 2.59. The zero-order valence-corrected chi connectivity index (χ0v) is 12.2. The summed E-state index contributed by atoms with van der Waals surface area (Å²) in [6.07, 6.45) is 10.6. The smallest absolute Gasteiger partial charge is 0.169 e. The van der Waals surface area contributed by atoms with Crippen LogP contribution in [0.3, 0.4) is 0 Å². The van der Waals surface area contributed by atoms with E-state index in [9.17, 15) is 0 Å². The first-order valence-electron chi connectivity index (χ1n) is 7.19. The van der Waals surface area contributed by atoms with E-state index < -0.39 is 0 Å². The van der Waals surface area contributed by atoms with Crippen LogP contribution in [0.2, 0.25) is 0 Å². The summed E-state index contributed by atoms with van der Waals surface area (Å²) in [5, 5.41) is 1.28. The second-order valence-corrected chi connectivity index (χ2v) is 5.20. The van der Waals surface area contributed by atoms with E-state index in [1.54, 1.807) is 0 Å². The first-order chi connectivity index (χ1) is 10.3. The van der Waals surface area contributed by atoms with E-state index in [2.05, 4.69) is 83.3 Å². The molecule has 21 heavy (non-hydrogen) atoms. The van der Waals surface area contributed by atoms with Gasteiger partial charge in [-0.1, -0.05) is 30.4 Å². The third kappa shape index (κ3) is 2.88. The largest absolute Gasteiger partial charge is 0.350 e. The normalized spacial score (nSPS) is 11.5. The number of nitrogens with zero attached hydrogens (tertiary/aromatic N) is 2. The molecule has 3 nitrogen and oxygen atoms in total. The Bertz CT molecular complexity index is 767. The molecule has 0 aliphatic carbocycles. The van der Waals surface area contributed by atoms with Crippen LogP contribution < -0.4 is 10.3 Å². The molecule has 0 saturated heterocycles. The van der Waals surface area contributed by atoms with Gasteiger partial charge in [-0.25, -0.2) is 4.57 Å². The highest BCUT2D eigenvalue weighted by Gasteiger charge is 2.03. The van der Waals surface area contributed by atoms with E-state index in [0.29, 0.717) is 6.54 Å². The van der Waals surface area contributed by atoms with Crippen LogP contribution in [-0.4, -0.2) is 11.1 Å². The van der Waals surface area contributed by atoms with Crippen LogP contribution in [0.4, 0.5) is 0 Å². The fourth-order valence-electron chi connectivity index (χ4n) is 2.57. The third-order valence-corrected chi connectivity index (χ3v) is 3.69. The van der Waals surface area contributed by atoms with Gasteiger partial charge in [-0.05, 0) is 17.2 Å². The van der Waals surface area contributed by atoms with Crippen molar-refractivity contribution in [1.82, 2.24) is 4.57 Å². The van der Waals surface area contributed by atoms with Gasteiger partial charge in [0.15, 0.2) is 18.9 Å². The first kappa shape index (κ1) is 13.6. The van der Waals surface area contributed by atoms with Gasteiger partial charge >= 0.3 is 0 Å². The fraction of sp³-hybridized carbons (Fsp3) is 0.167. The molecule has 3 heteroatoms. The minimum atomic E-state index is 0.663. The van der Waals surface area contributed by atoms with Crippen molar-refractivity contribution < 1.29 is 4.57 Å². The highest BCUT2D eigenvalue weighted by molar-refractivity contribution is 5.91. The molecule has 0 amide bonds. The summed E-state index contributed by atoms with van der Waals surface area (Å²) in [6, 6.07) is 12.7. The molecule has 0 spiro atoms. The SMILES string of the molecule is Cn1cc(/C=C/c2cc[n+](CCN)cc2)c2ccccc21. The van der Waals surface area contributed by atoms with Crippen molar-refractivity contribution in [3.8, 4) is 0 Å². The molecule has 0 atom stereocenters. The van der Waals surface area contributed by atoms with Gasteiger partial charge in [0.1, 0.15) is 0 Å². The van der Waals surface area contributed by atoms with Gasteiger partial charge in [0.05, 0.1) is 6.54 Å². The molecule has 0 fully saturated rings. The molecular weight excluding hydrogens is 258 g/mol. The van der Waals surface area contributed by atoms with Crippen LogP contribution in [0.25, 0.3) is 23.1 Å². The Hall–Kier alpha value is -2.39. The van der Waals surface area contributed by atoms with Crippen molar-refractivity contribution >= 4 is 23.1 Å². The van der Waals surface area contributed by atoms with Gasteiger partial charge in [0, 0.05) is 36.3 Å². The molecule has 0 aliphatic heterocycles. The molecule has 3 rings (SSSR count). The average Bonchev–Trinajstić information content (AvgIpc) is 2.84. The van der Waals surface area contributed by atoms with E-state index in [1.165, 1.54) is 22.0 Å². The van der Waals surface area contributed by atoms with Gasteiger partial charge in [-0.15, -0.1) is 0 Å². The number of hydrogen-bond acceptors (Lipinski definition) is 1. The van der Waals surface area contributed by atoms with E-state index >= 15 is 0 Å². The summed E-state index contributed by atoms with van der Waals surface area (Å²) >= 11 is 0. The molecule has 0 unspecified atom stereocenters. The Morgan fingerprint density at radius 1 is 1.10 bits per heavy atom. The van der Waals surface area contributed by atoms with E-state index in [0.717, 1.165) is 6.54 Å². The first-order valence-corrected chi connectivity index (χ1v) is 7.19. The standard InChI is InChI=1S/C18H20N3/c1-20-14-16(17-4-2-3-5-18(17)20)7-6-15-8-11-21(12-9-15)13-10-19/h2-9,11-12,14H,10,13,19H2,1H3/q+1. The Balaban J connectivity index is 1.87. The molecule has 0 radical (unpaired) electrons. The molecule has 0 aliphatic rings. The topological polar surface area (TPSA) is 34.8 Å². The molecular formula is C18H20N3+. The maximum atomic E-state index is 5.55. The lowest BCUT2D eigenvalue weighted by atomic mass is 10.1. The molecule has 0 saturated carbocycles. The van der Waals surface area contributed by atoms with E-state index in [-0.39, 0.29) is 0 Å². The molecule has 2 N–H and O–H groups in total. The summed E-state index contributed by atoms with van der Waals surface area (Å²) in [6.45, 7) is 1.52. The van der Waals surface area contributed by atoms with Crippen molar-refractivity contribution in [3.63, 3.8) is 0 Å². The maximum absolute atomic E-state index is 5.55. The predicted molar refractivity (Wildman–Crippen MR) is 87.5 cm³/mol. The summed E-state index contributed by atoms with van der Waals surface area (Å²) in [5.74, 6) is 0. The van der Waals surface area contributed by atoms with Crippen molar-refractivity contribution in [2.24, 2.45) is 12.8 Å². The average molecular weight is 278 g/mol. The summed E-state index contributed by atoms with van der Waals surface area (Å²) in [7, 11) is 2.08. The van der Waals surface area contributed by atoms with E-state index in [1.807, 2.05) is 0 Å². The zero-order chi connectivity index (χ0) is 14.7. The van der Waals surface area contributed by atoms with Crippen molar-refractivity contribution in [1.29, 1.82) is 0 Å². The summed E-state index contributed by atoms with van der Waals surface area (Å²) in [5.41, 5.74) is 9.24. The molecule has 106 valence electrons. The quantitative estimate of drug-likeness (QED) is 0.731.